The fraction of sp³-hybridized carbons (Fsp3) is 0.278. The Morgan fingerprint density at radius 2 is 1.96 bits per heavy atom. The van der Waals surface area contributed by atoms with Crippen LogP contribution in [0.1, 0.15) is 32.7 Å². The highest BCUT2D eigenvalue weighted by Crippen LogP contribution is 2.22. The molecule has 3 aromatic rings. The first-order valence-corrected chi connectivity index (χ1v) is 9.10. The molecular formula is C18H19N3O3S. The summed E-state index contributed by atoms with van der Waals surface area (Å²) in [6.07, 6.45) is 1.78. The van der Waals surface area contributed by atoms with Gasteiger partial charge in [-0.3, -0.25) is 9.97 Å². The average Bonchev–Trinajstić information content (AvgIpc) is 2.99. The lowest BCUT2D eigenvalue weighted by atomic mass is 10.1. The smallest absolute Gasteiger partial charge is 0.338 e. The summed E-state index contributed by atoms with van der Waals surface area (Å²) in [5, 5.41) is 0.372. The molecule has 25 heavy (non-hydrogen) atoms. The van der Waals surface area contributed by atoms with E-state index in [1.165, 1.54) is 7.11 Å². The first-order valence-electron chi connectivity index (χ1n) is 7.78. The molecule has 0 aliphatic rings. The Hall–Kier alpha value is -2.38. The highest BCUT2D eigenvalue weighted by Gasteiger charge is 2.20. The molecule has 130 valence electrons. The van der Waals surface area contributed by atoms with E-state index in [-0.39, 0.29) is 5.75 Å². The Labute approximate surface area is 148 Å². The molecule has 2 heterocycles. The third-order valence-corrected chi connectivity index (χ3v) is 5.32. The molecule has 3 rings (SSSR count). The van der Waals surface area contributed by atoms with E-state index in [1.807, 2.05) is 32.9 Å². The van der Waals surface area contributed by atoms with Crippen LogP contribution >= 0.6 is 0 Å². The van der Waals surface area contributed by atoms with Crippen LogP contribution in [0.25, 0.3) is 11.0 Å². The van der Waals surface area contributed by atoms with E-state index in [4.69, 9.17) is 4.74 Å². The SMILES string of the molecule is COC(=O)c1cc2nc([S+]([O-])Cc3cc(C)c(C)cn3)[nH]c2cc1C. The number of rotatable bonds is 4. The van der Waals surface area contributed by atoms with Crippen LogP contribution in [-0.2, 0) is 21.7 Å². The number of nitrogens with zero attached hydrogens (tertiary/aromatic N) is 2. The van der Waals surface area contributed by atoms with Crippen LogP contribution in [0.15, 0.2) is 29.6 Å². The summed E-state index contributed by atoms with van der Waals surface area (Å²) in [5.41, 5.74) is 5.53. The number of carbonyl (C=O) groups is 1. The van der Waals surface area contributed by atoms with Crippen LogP contribution in [0.5, 0.6) is 0 Å². The Morgan fingerprint density at radius 1 is 1.20 bits per heavy atom. The van der Waals surface area contributed by atoms with Gasteiger partial charge in [0.2, 0.25) is 0 Å². The summed E-state index contributed by atoms with van der Waals surface area (Å²) < 4.78 is 17.4. The molecule has 0 aliphatic heterocycles. The zero-order chi connectivity index (χ0) is 18.1. The van der Waals surface area contributed by atoms with Crippen LogP contribution < -0.4 is 0 Å². The van der Waals surface area contributed by atoms with Crippen molar-refractivity contribution in [2.45, 2.75) is 31.7 Å². The van der Waals surface area contributed by atoms with Crippen molar-refractivity contribution < 1.29 is 14.1 Å². The molecular weight excluding hydrogens is 338 g/mol. The van der Waals surface area contributed by atoms with E-state index >= 15 is 0 Å². The van der Waals surface area contributed by atoms with Gasteiger partial charge in [-0.25, -0.2) is 4.79 Å². The number of esters is 1. The zero-order valence-corrected chi connectivity index (χ0v) is 15.4. The van der Waals surface area contributed by atoms with Crippen molar-refractivity contribution in [1.29, 1.82) is 0 Å². The lowest BCUT2D eigenvalue weighted by Crippen LogP contribution is -2.08. The van der Waals surface area contributed by atoms with E-state index in [0.717, 1.165) is 27.9 Å². The highest BCUT2D eigenvalue weighted by molar-refractivity contribution is 7.90. The van der Waals surface area contributed by atoms with E-state index < -0.39 is 17.1 Å². The topological polar surface area (TPSA) is 90.9 Å². The number of benzene rings is 1. The number of methoxy groups -OCH3 is 1. The van der Waals surface area contributed by atoms with Crippen LogP contribution in [0.2, 0.25) is 0 Å². The first kappa shape index (κ1) is 17.4. The minimum absolute atomic E-state index is 0.282. The van der Waals surface area contributed by atoms with Gasteiger partial charge < -0.3 is 9.29 Å². The average molecular weight is 357 g/mol. The molecule has 1 N–H and O–H groups in total. The molecule has 0 bridgehead atoms. The summed E-state index contributed by atoms with van der Waals surface area (Å²) >= 11 is -1.35. The molecule has 0 saturated heterocycles. The van der Waals surface area contributed by atoms with Crippen LogP contribution in [0.4, 0.5) is 0 Å². The van der Waals surface area contributed by atoms with Crippen LogP contribution in [-0.4, -0.2) is 32.6 Å². The van der Waals surface area contributed by atoms with Crippen molar-refractivity contribution in [3.05, 3.63) is 52.3 Å². The van der Waals surface area contributed by atoms with Gasteiger partial charge >= 0.3 is 11.1 Å². The molecule has 0 fully saturated rings. The number of ether oxygens (including phenoxy) is 1. The molecule has 0 amide bonds. The molecule has 1 aromatic carbocycles. The number of hydrogen-bond acceptors (Lipinski definition) is 5. The number of hydrogen-bond donors (Lipinski definition) is 1. The van der Waals surface area contributed by atoms with Crippen molar-refractivity contribution in [3.63, 3.8) is 0 Å². The largest absolute Gasteiger partial charge is 0.609 e. The van der Waals surface area contributed by atoms with Crippen molar-refractivity contribution in [1.82, 2.24) is 15.0 Å². The summed E-state index contributed by atoms with van der Waals surface area (Å²) in [5.74, 6) is -0.131. The third kappa shape index (κ3) is 3.52. The predicted octanol–water partition coefficient (Wildman–Crippen LogP) is 2.98. The molecule has 7 heteroatoms. The normalized spacial score (nSPS) is 12.4. The van der Waals surface area contributed by atoms with Crippen molar-refractivity contribution in [2.75, 3.05) is 7.11 Å². The molecule has 0 saturated carbocycles. The number of aryl methyl sites for hydroxylation is 3. The van der Waals surface area contributed by atoms with E-state index in [1.54, 1.807) is 12.3 Å². The molecule has 0 spiro atoms. The summed E-state index contributed by atoms with van der Waals surface area (Å²) in [4.78, 5) is 23.6. The Kier molecular flexibility index (Phi) is 4.78. The molecule has 1 unspecified atom stereocenters. The minimum Gasteiger partial charge on any atom is -0.609 e. The Morgan fingerprint density at radius 3 is 2.64 bits per heavy atom. The molecule has 2 aromatic heterocycles. The van der Waals surface area contributed by atoms with E-state index in [2.05, 4.69) is 15.0 Å². The second-order valence-electron chi connectivity index (χ2n) is 5.97. The van der Waals surface area contributed by atoms with Gasteiger partial charge in [-0.15, -0.1) is 0 Å². The molecule has 0 radical (unpaired) electrons. The van der Waals surface area contributed by atoms with Gasteiger partial charge in [-0.05, 0) is 55.7 Å². The molecule has 6 nitrogen and oxygen atoms in total. The highest BCUT2D eigenvalue weighted by atomic mass is 32.2. The number of imidazole rings is 1. The monoisotopic (exact) mass is 357 g/mol. The second kappa shape index (κ2) is 6.85. The number of fused-ring (bicyclic) bond motifs is 1. The number of aromatic amines is 1. The zero-order valence-electron chi connectivity index (χ0n) is 14.5. The number of carbonyl (C=O) groups excluding carboxylic acids is 1. The van der Waals surface area contributed by atoms with E-state index in [0.29, 0.717) is 16.2 Å². The number of H-pyrrole nitrogens is 1. The van der Waals surface area contributed by atoms with Crippen molar-refractivity contribution in [3.8, 4) is 0 Å². The quantitative estimate of drug-likeness (QED) is 0.572. The first-order chi connectivity index (χ1) is 11.9. The fourth-order valence-electron chi connectivity index (χ4n) is 2.54. The van der Waals surface area contributed by atoms with Gasteiger partial charge in [0, 0.05) is 17.4 Å². The van der Waals surface area contributed by atoms with Crippen LogP contribution in [0, 0.1) is 20.8 Å². The van der Waals surface area contributed by atoms with Crippen molar-refractivity contribution in [2.24, 2.45) is 0 Å². The minimum atomic E-state index is -1.35. The Bertz CT molecular complexity index is 952. The predicted molar refractivity (Wildman–Crippen MR) is 96.0 cm³/mol. The summed E-state index contributed by atoms with van der Waals surface area (Å²) in [6, 6.07) is 5.40. The lowest BCUT2D eigenvalue weighted by molar-refractivity contribution is 0.0600. The second-order valence-corrected chi connectivity index (χ2v) is 7.33. The maximum Gasteiger partial charge on any atom is 0.338 e. The maximum atomic E-state index is 12.6. The van der Waals surface area contributed by atoms with Gasteiger partial charge in [0.25, 0.3) is 0 Å². The molecule has 0 aliphatic carbocycles. The van der Waals surface area contributed by atoms with Gasteiger partial charge in [-0.1, -0.05) is 0 Å². The van der Waals surface area contributed by atoms with Crippen molar-refractivity contribution >= 4 is 28.2 Å². The third-order valence-electron chi connectivity index (χ3n) is 4.14. The number of nitrogens with one attached hydrogen (secondary N) is 1. The van der Waals surface area contributed by atoms with Gasteiger partial charge in [0.05, 0.1) is 29.4 Å². The standard InChI is InChI=1S/C18H19N3O3S/c1-10-5-13(19-8-12(10)3)9-25(23)18-20-15-6-11(2)14(17(22)24-4)7-16(15)21-18/h5-8H,9H2,1-4H3,(H,20,21). The number of aromatic nitrogens is 3. The maximum absolute atomic E-state index is 12.6. The number of pyridine rings is 1. The summed E-state index contributed by atoms with van der Waals surface area (Å²) in [7, 11) is 1.34. The summed E-state index contributed by atoms with van der Waals surface area (Å²) in [6.45, 7) is 5.81. The Balaban J connectivity index is 1.90. The fourth-order valence-corrected chi connectivity index (χ4v) is 3.53. The van der Waals surface area contributed by atoms with E-state index in [9.17, 15) is 9.35 Å². The van der Waals surface area contributed by atoms with Crippen LogP contribution in [0.3, 0.4) is 0 Å². The van der Waals surface area contributed by atoms with Gasteiger partial charge in [0.15, 0.2) is 5.75 Å². The lowest BCUT2D eigenvalue weighted by Gasteiger charge is -2.07. The van der Waals surface area contributed by atoms with Gasteiger partial charge in [0.1, 0.15) is 0 Å². The molecule has 1 atom stereocenters. The van der Waals surface area contributed by atoms with Gasteiger partial charge in [-0.2, -0.15) is 4.98 Å².